The van der Waals surface area contributed by atoms with E-state index in [-0.39, 0.29) is 17.6 Å². The number of aliphatic carboxylic acids is 1. The van der Waals surface area contributed by atoms with E-state index >= 15 is 0 Å². The van der Waals surface area contributed by atoms with Gasteiger partial charge in [0.1, 0.15) is 12.1 Å². The van der Waals surface area contributed by atoms with Crippen molar-refractivity contribution in [3.8, 4) is 0 Å². The van der Waals surface area contributed by atoms with Gasteiger partial charge in [-0.1, -0.05) is 27.7 Å². The number of ketones is 1. The predicted octanol–water partition coefficient (Wildman–Crippen LogP) is 2.16. The van der Waals surface area contributed by atoms with Crippen molar-refractivity contribution in [3.63, 3.8) is 0 Å². The van der Waals surface area contributed by atoms with Gasteiger partial charge in [-0.15, -0.1) is 0 Å². The molecule has 0 aromatic heterocycles. The Balaban J connectivity index is 0. The van der Waals surface area contributed by atoms with Crippen molar-refractivity contribution in [3.05, 3.63) is 0 Å². The van der Waals surface area contributed by atoms with E-state index in [2.05, 4.69) is 0 Å². The van der Waals surface area contributed by atoms with Gasteiger partial charge in [0.05, 0.1) is 11.3 Å². The zero-order valence-corrected chi connectivity index (χ0v) is 10.9. The van der Waals surface area contributed by atoms with Crippen LogP contribution < -0.4 is 0 Å². The third-order valence-electron chi connectivity index (χ3n) is 1.95. The highest BCUT2D eigenvalue weighted by Crippen LogP contribution is 2.17. The van der Waals surface area contributed by atoms with Gasteiger partial charge in [-0.2, -0.15) is 0 Å². The second-order valence-corrected chi connectivity index (χ2v) is 4.85. The second kappa shape index (κ2) is 7.14. The SMILES string of the molecule is CC(C)C(=O)C(C)(C)C=O.CC(C)C(=O)O. The Morgan fingerprint density at radius 3 is 1.44 bits per heavy atom. The summed E-state index contributed by atoms with van der Waals surface area (Å²) in [6.07, 6.45) is 0.704. The fourth-order valence-electron chi connectivity index (χ4n) is 0.802. The molecule has 0 amide bonds. The van der Waals surface area contributed by atoms with E-state index in [4.69, 9.17) is 5.11 Å². The standard InChI is InChI=1S/C8H14O2.C4H8O2/c1-6(2)7(10)8(3,4)5-9;1-3(2)4(5)6/h5-6H,1-4H3;3H,1-2H3,(H,5,6). The van der Waals surface area contributed by atoms with Crippen LogP contribution in [0.15, 0.2) is 0 Å². The van der Waals surface area contributed by atoms with Crippen LogP contribution in [0, 0.1) is 17.3 Å². The summed E-state index contributed by atoms with van der Waals surface area (Å²) in [5.41, 5.74) is -0.797. The Morgan fingerprint density at radius 2 is 1.38 bits per heavy atom. The van der Waals surface area contributed by atoms with Crippen LogP contribution in [0.25, 0.3) is 0 Å². The van der Waals surface area contributed by atoms with Crippen molar-refractivity contribution in [1.29, 1.82) is 0 Å². The molecule has 0 bridgehead atoms. The van der Waals surface area contributed by atoms with E-state index in [0.717, 1.165) is 0 Å². The number of hydrogen-bond donors (Lipinski definition) is 1. The normalized spacial score (nSPS) is 10.8. The van der Waals surface area contributed by atoms with Crippen molar-refractivity contribution in [2.75, 3.05) is 0 Å². The van der Waals surface area contributed by atoms with E-state index in [1.807, 2.05) is 0 Å². The molecule has 0 aliphatic heterocycles. The van der Waals surface area contributed by atoms with Gasteiger partial charge in [0.25, 0.3) is 0 Å². The molecule has 0 aromatic carbocycles. The average Bonchev–Trinajstić information content (AvgIpc) is 2.17. The maximum absolute atomic E-state index is 11.2. The lowest BCUT2D eigenvalue weighted by Crippen LogP contribution is -2.29. The molecule has 1 N–H and O–H groups in total. The Bertz CT molecular complexity index is 252. The van der Waals surface area contributed by atoms with E-state index in [1.54, 1.807) is 41.5 Å². The van der Waals surface area contributed by atoms with Crippen LogP contribution in [0.5, 0.6) is 0 Å². The number of carboxylic acids is 1. The molecule has 0 spiro atoms. The summed E-state index contributed by atoms with van der Waals surface area (Å²) >= 11 is 0. The molecule has 0 rings (SSSR count). The number of hydrogen-bond acceptors (Lipinski definition) is 3. The minimum absolute atomic E-state index is 0.00231. The maximum atomic E-state index is 11.2. The molecule has 0 aliphatic rings. The summed E-state index contributed by atoms with van der Waals surface area (Å²) in [5.74, 6) is -1.03. The lowest BCUT2D eigenvalue weighted by Gasteiger charge is -2.17. The molecule has 0 unspecified atom stereocenters. The largest absolute Gasteiger partial charge is 0.481 e. The smallest absolute Gasteiger partial charge is 0.305 e. The molecular weight excluding hydrogens is 208 g/mol. The summed E-state index contributed by atoms with van der Waals surface area (Å²) in [6.45, 7) is 10.2. The molecule has 0 heterocycles. The van der Waals surface area contributed by atoms with Gasteiger partial charge in [-0.05, 0) is 13.8 Å². The van der Waals surface area contributed by atoms with Crippen molar-refractivity contribution in [2.45, 2.75) is 41.5 Å². The van der Waals surface area contributed by atoms with Crippen LogP contribution in [0.2, 0.25) is 0 Å². The van der Waals surface area contributed by atoms with E-state index < -0.39 is 11.4 Å². The van der Waals surface area contributed by atoms with Crippen molar-refractivity contribution in [1.82, 2.24) is 0 Å². The van der Waals surface area contributed by atoms with Crippen LogP contribution in [-0.2, 0) is 14.4 Å². The highest BCUT2D eigenvalue weighted by atomic mass is 16.4. The minimum atomic E-state index is -0.797. The van der Waals surface area contributed by atoms with E-state index in [0.29, 0.717) is 6.29 Å². The molecule has 0 fully saturated rings. The van der Waals surface area contributed by atoms with Gasteiger partial charge in [-0.25, -0.2) is 0 Å². The quantitative estimate of drug-likeness (QED) is 0.593. The molecule has 0 aliphatic carbocycles. The first-order valence-electron chi connectivity index (χ1n) is 5.29. The number of carbonyl (C=O) groups is 3. The fourth-order valence-corrected chi connectivity index (χ4v) is 0.802. The lowest BCUT2D eigenvalue weighted by atomic mass is 9.84. The van der Waals surface area contributed by atoms with E-state index in [9.17, 15) is 14.4 Å². The van der Waals surface area contributed by atoms with Gasteiger partial charge >= 0.3 is 5.97 Å². The Hall–Kier alpha value is -1.19. The third kappa shape index (κ3) is 7.15. The fraction of sp³-hybridized carbons (Fsp3) is 0.750. The number of rotatable bonds is 4. The molecule has 94 valence electrons. The van der Waals surface area contributed by atoms with Crippen LogP contribution in [0.3, 0.4) is 0 Å². The third-order valence-corrected chi connectivity index (χ3v) is 1.95. The van der Waals surface area contributed by atoms with Gasteiger partial charge in [-0.3, -0.25) is 9.59 Å². The predicted molar refractivity (Wildman–Crippen MR) is 62.2 cm³/mol. The molecule has 4 heteroatoms. The van der Waals surface area contributed by atoms with Crippen molar-refractivity contribution < 1.29 is 19.5 Å². The maximum Gasteiger partial charge on any atom is 0.305 e. The molecule has 0 atom stereocenters. The highest BCUT2D eigenvalue weighted by Gasteiger charge is 2.28. The Labute approximate surface area is 97.0 Å². The highest BCUT2D eigenvalue weighted by molar-refractivity contribution is 5.98. The van der Waals surface area contributed by atoms with Gasteiger partial charge < -0.3 is 9.90 Å². The second-order valence-electron chi connectivity index (χ2n) is 4.85. The molecule has 0 aromatic rings. The lowest BCUT2D eigenvalue weighted by molar-refractivity contribution is -0.140. The monoisotopic (exact) mass is 230 g/mol. The zero-order chi connectivity index (χ0) is 13.5. The van der Waals surface area contributed by atoms with E-state index in [1.165, 1.54) is 0 Å². The summed E-state index contributed by atoms with van der Waals surface area (Å²) < 4.78 is 0. The topological polar surface area (TPSA) is 71.4 Å². The Kier molecular flexibility index (Phi) is 7.69. The zero-order valence-electron chi connectivity index (χ0n) is 10.9. The number of Topliss-reactive ketones (excluding diaryl/α,β-unsaturated/α-hetero) is 1. The van der Waals surface area contributed by atoms with Crippen LogP contribution in [0.1, 0.15) is 41.5 Å². The van der Waals surface area contributed by atoms with Gasteiger partial charge in [0, 0.05) is 5.92 Å². The molecule has 0 saturated carbocycles. The summed E-state index contributed by atoms with van der Waals surface area (Å²) in [6, 6.07) is 0. The first-order valence-corrected chi connectivity index (χ1v) is 5.29. The van der Waals surface area contributed by atoms with Crippen LogP contribution >= 0.6 is 0 Å². The molecular formula is C12H22O4. The first kappa shape index (κ1) is 17.2. The first-order chi connectivity index (χ1) is 7.06. The summed E-state index contributed by atoms with van der Waals surface area (Å²) in [5, 5.41) is 7.99. The number of aldehydes is 1. The number of carbonyl (C=O) groups excluding carboxylic acids is 2. The molecule has 4 nitrogen and oxygen atoms in total. The minimum Gasteiger partial charge on any atom is -0.481 e. The average molecular weight is 230 g/mol. The van der Waals surface area contributed by atoms with Gasteiger partial charge in [0.2, 0.25) is 0 Å². The van der Waals surface area contributed by atoms with Crippen LogP contribution in [0.4, 0.5) is 0 Å². The van der Waals surface area contributed by atoms with Crippen molar-refractivity contribution in [2.24, 2.45) is 17.3 Å². The van der Waals surface area contributed by atoms with Crippen molar-refractivity contribution >= 4 is 18.0 Å². The number of carboxylic acid groups (broad SMARTS) is 1. The summed E-state index contributed by atoms with van der Waals surface area (Å²) in [4.78, 5) is 31.2. The molecule has 0 saturated heterocycles. The van der Waals surface area contributed by atoms with Crippen LogP contribution in [-0.4, -0.2) is 23.1 Å². The van der Waals surface area contributed by atoms with Gasteiger partial charge in [0.15, 0.2) is 0 Å². The molecule has 16 heavy (non-hydrogen) atoms. The Morgan fingerprint density at radius 1 is 1.06 bits per heavy atom. The molecule has 0 radical (unpaired) electrons. The summed E-state index contributed by atoms with van der Waals surface area (Å²) in [7, 11) is 0.